The minimum absolute atomic E-state index is 0.129. The summed E-state index contributed by atoms with van der Waals surface area (Å²) >= 11 is 0. The fraction of sp³-hybridized carbons (Fsp3) is 0.615. The Balaban J connectivity index is 1.84. The standard InChI is InChI=1S/C13H22N4O2S/c1-12(13-4-2-3-5-15-13)16-20(18,19)11-10-17-8-6-14-7-9-17/h2-5,12,14,16H,6-11H2,1H3. The number of pyridine rings is 1. The summed E-state index contributed by atoms with van der Waals surface area (Å²) in [6.07, 6.45) is 1.67. The van der Waals surface area contributed by atoms with Crippen LogP contribution in [0.25, 0.3) is 0 Å². The first-order valence-corrected chi connectivity index (χ1v) is 8.56. The number of aromatic nitrogens is 1. The van der Waals surface area contributed by atoms with Crippen LogP contribution in [0.1, 0.15) is 18.7 Å². The van der Waals surface area contributed by atoms with Crippen LogP contribution in [-0.2, 0) is 10.0 Å². The van der Waals surface area contributed by atoms with Gasteiger partial charge in [-0.3, -0.25) is 9.88 Å². The fourth-order valence-electron chi connectivity index (χ4n) is 2.20. The number of rotatable bonds is 6. The monoisotopic (exact) mass is 298 g/mol. The molecule has 1 aliphatic heterocycles. The summed E-state index contributed by atoms with van der Waals surface area (Å²) in [6.45, 7) is 6.06. The topological polar surface area (TPSA) is 74.3 Å². The quantitative estimate of drug-likeness (QED) is 0.771. The van der Waals surface area contributed by atoms with Gasteiger partial charge in [0.1, 0.15) is 0 Å². The van der Waals surface area contributed by atoms with Crippen LogP contribution in [0.5, 0.6) is 0 Å². The first-order valence-electron chi connectivity index (χ1n) is 6.91. The van der Waals surface area contributed by atoms with Gasteiger partial charge in [-0.15, -0.1) is 0 Å². The molecule has 1 saturated heterocycles. The third-order valence-electron chi connectivity index (χ3n) is 3.37. The van der Waals surface area contributed by atoms with E-state index in [1.165, 1.54) is 0 Å². The third kappa shape index (κ3) is 4.82. The molecule has 1 aliphatic rings. The lowest BCUT2D eigenvalue weighted by Crippen LogP contribution is -2.46. The zero-order valence-electron chi connectivity index (χ0n) is 11.7. The van der Waals surface area contributed by atoms with Crippen molar-refractivity contribution in [2.24, 2.45) is 0 Å². The van der Waals surface area contributed by atoms with Crippen molar-refractivity contribution >= 4 is 10.0 Å². The molecule has 1 unspecified atom stereocenters. The van der Waals surface area contributed by atoms with Gasteiger partial charge in [-0.25, -0.2) is 13.1 Å². The van der Waals surface area contributed by atoms with E-state index in [1.54, 1.807) is 6.20 Å². The van der Waals surface area contributed by atoms with Gasteiger partial charge < -0.3 is 5.32 Å². The molecule has 0 aromatic carbocycles. The highest BCUT2D eigenvalue weighted by atomic mass is 32.2. The molecule has 112 valence electrons. The molecule has 0 saturated carbocycles. The highest BCUT2D eigenvalue weighted by molar-refractivity contribution is 7.89. The summed E-state index contributed by atoms with van der Waals surface area (Å²) in [5.74, 6) is 0.129. The van der Waals surface area contributed by atoms with Crippen molar-refractivity contribution in [3.05, 3.63) is 30.1 Å². The molecule has 6 nitrogen and oxygen atoms in total. The second-order valence-electron chi connectivity index (χ2n) is 5.00. The van der Waals surface area contributed by atoms with Gasteiger partial charge in [-0.1, -0.05) is 6.07 Å². The van der Waals surface area contributed by atoms with Crippen molar-refractivity contribution in [1.82, 2.24) is 19.9 Å². The van der Waals surface area contributed by atoms with Crippen molar-refractivity contribution in [2.45, 2.75) is 13.0 Å². The van der Waals surface area contributed by atoms with Crippen LogP contribution in [0.15, 0.2) is 24.4 Å². The van der Waals surface area contributed by atoms with Gasteiger partial charge in [0.05, 0.1) is 17.5 Å². The van der Waals surface area contributed by atoms with Gasteiger partial charge in [0.25, 0.3) is 0 Å². The van der Waals surface area contributed by atoms with Gasteiger partial charge in [-0.2, -0.15) is 0 Å². The van der Waals surface area contributed by atoms with Crippen LogP contribution in [-0.4, -0.2) is 56.8 Å². The summed E-state index contributed by atoms with van der Waals surface area (Å²) < 4.78 is 26.8. The maximum Gasteiger partial charge on any atom is 0.213 e. The van der Waals surface area contributed by atoms with E-state index in [4.69, 9.17) is 0 Å². The van der Waals surface area contributed by atoms with Gasteiger partial charge in [-0.05, 0) is 19.1 Å². The lowest BCUT2D eigenvalue weighted by Gasteiger charge is -2.27. The molecule has 1 fully saturated rings. The molecular weight excluding hydrogens is 276 g/mol. The Labute approximate surface area is 120 Å². The van der Waals surface area contributed by atoms with E-state index in [-0.39, 0.29) is 11.8 Å². The molecule has 1 aromatic heterocycles. The predicted molar refractivity (Wildman–Crippen MR) is 78.9 cm³/mol. The van der Waals surface area contributed by atoms with Gasteiger partial charge in [0, 0.05) is 38.9 Å². The Kier molecular flexibility index (Phi) is 5.47. The maximum atomic E-state index is 12.1. The highest BCUT2D eigenvalue weighted by Crippen LogP contribution is 2.09. The smallest absolute Gasteiger partial charge is 0.213 e. The number of hydrogen-bond acceptors (Lipinski definition) is 5. The van der Waals surface area contributed by atoms with E-state index in [0.29, 0.717) is 6.54 Å². The Morgan fingerprint density at radius 2 is 2.15 bits per heavy atom. The molecule has 1 aromatic rings. The molecular formula is C13H22N4O2S. The number of nitrogens with zero attached hydrogens (tertiary/aromatic N) is 2. The molecule has 2 heterocycles. The van der Waals surface area contributed by atoms with Crippen molar-refractivity contribution < 1.29 is 8.42 Å². The van der Waals surface area contributed by atoms with Crippen LogP contribution < -0.4 is 10.0 Å². The van der Waals surface area contributed by atoms with E-state index < -0.39 is 10.0 Å². The Hall–Kier alpha value is -1.02. The van der Waals surface area contributed by atoms with Crippen LogP contribution in [0.3, 0.4) is 0 Å². The maximum absolute atomic E-state index is 12.1. The third-order valence-corrected chi connectivity index (χ3v) is 4.81. The molecule has 2 rings (SSSR count). The van der Waals surface area contributed by atoms with E-state index in [2.05, 4.69) is 19.9 Å². The second kappa shape index (κ2) is 7.12. The molecule has 2 N–H and O–H groups in total. The minimum atomic E-state index is -3.28. The fourth-order valence-corrected chi connectivity index (χ4v) is 3.48. The molecule has 0 spiro atoms. The summed E-state index contributed by atoms with van der Waals surface area (Å²) in [6, 6.07) is 5.19. The average molecular weight is 298 g/mol. The van der Waals surface area contributed by atoms with Gasteiger partial charge in [0.2, 0.25) is 10.0 Å². The van der Waals surface area contributed by atoms with Gasteiger partial charge >= 0.3 is 0 Å². The van der Waals surface area contributed by atoms with E-state index >= 15 is 0 Å². The largest absolute Gasteiger partial charge is 0.314 e. The SMILES string of the molecule is CC(NS(=O)(=O)CCN1CCNCC1)c1ccccn1. The zero-order valence-corrected chi connectivity index (χ0v) is 12.6. The lowest BCUT2D eigenvalue weighted by atomic mass is 10.2. The van der Waals surface area contributed by atoms with Crippen molar-refractivity contribution in [3.63, 3.8) is 0 Å². The number of hydrogen-bond donors (Lipinski definition) is 2. The normalized spacial score (nSPS) is 18.9. The summed E-state index contributed by atoms with van der Waals surface area (Å²) in [7, 11) is -3.28. The van der Waals surface area contributed by atoms with E-state index in [0.717, 1.165) is 31.9 Å². The zero-order chi connectivity index (χ0) is 14.4. The number of nitrogens with one attached hydrogen (secondary N) is 2. The van der Waals surface area contributed by atoms with Gasteiger partial charge in [0.15, 0.2) is 0 Å². The Morgan fingerprint density at radius 3 is 2.80 bits per heavy atom. The van der Waals surface area contributed by atoms with Crippen molar-refractivity contribution in [1.29, 1.82) is 0 Å². The second-order valence-corrected chi connectivity index (χ2v) is 6.88. The molecule has 20 heavy (non-hydrogen) atoms. The summed E-state index contributed by atoms with van der Waals surface area (Å²) in [4.78, 5) is 6.33. The molecule has 0 amide bonds. The average Bonchev–Trinajstić information content (AvgIpc) is 2.47. The van der Waals surface area contributed by atoms with Crippen LogP contribution in [0, 0.1) is 0 Å². The number of piperazine rings is 1. The highest BCUT2D eigenvalue weighted by Gasteiger charge is 2.18. The van der Waals surface area contributed by atoms with Crippen molar-refractivity contribution in [2.75, 3.05) is 38.5 Å². The molecule has 1 atom stereocenters. The minimum Gasteiger partial charge on any atom is -0.314 e. The predicted octanol–water partition coefficient (Wildman–Crippen LogP) is -0.0328. The Bertz CT molecular complexity index is 500. The van der Waals surface area contributed by atoms with Crippen LogP contribution >= 0.6 is 0 Å². The Morgan fingerprint density at radius 1 is 1.40 bits per heavy atom. The van der Waals surface area contributed by atoms with E-state index in [1.807, 2.05) is 25.1 Å². The molecule has 0 aliphatic carbocycles. The first-order chi connectivity index (χ1) is 9.57. The lowest BCUT2D eigenvalue weighted by molar-refractivity contribution is 0.253. The van der Waals surface area contributed by atoms with Crippen LogP contribution in [0.4, 0.5) is 0 Å². The van der Waals surface area contributed by atoms with E-state index in [9.17, 15) is 8.42 Å². The molecule has 7 heteroatoms. The molecule has 0 radical (unpaired) electrons. The summed E-state index contributed by atoms with van der Waals surface area (Å²) in [5, 5.41) is 3.25. The van der Waals surface area contributed by atoms with Crippen LogP contribution in [0.2, 0.25) is 0 Å². The first kappa shape index (κ1) is 15.4. The summed E-state index contributed by atoms with van der Waals surface area (Å²) in [5.41, 5.74) is 0.734. The number of sulfonamides is 1. The molecule has 0 bridgehead atoms. The van der Waals surface area contributed by atoms with Crippen molar-refractivity contribution in [3.8, 4) is 0 Å².